The molecule has 0 saturated carbocycles. The molecule has 0 spiro atoms. The quantitative estimate of drug-likeness (QED) is 0.586. The Balaban J connectivity index is 2.38. The van der Waals surface area contributed by atoms with Crippen LogP contribution >= 0.6 is 0 Å². The van der Waals surface area contributed by atoms with Crippen molar-refractivity contribution in [1.82, 2.24) is 0 Å². The molecule has 3 aromatic rings. The van der Waals surface area contributed by atoms with Crippen molar-refractivity contribution in [3.63, 3.8) is 0 Å². The summed E-state index contributed by atoms with van der Waals surface area (Å²) in [4.78, 5) is 13.8. The van der Waals surface area contributed by atoms with E-state index >= 15 is 0 Å². The molecule has 0 amide bonds. The van der Waals surface area contributed by atoms with Crippen LogP contribution in [0.25, 0.3) is 21.7 Å². The summed E-state index contributed by atoms with van der Waals surface area (Å²) < 4.78 is 5.87. The molecule has 0 unspecified atom stereocenters. The third kappa shape index (κ3) is 1.94. The number of nitrogens with zero attached hydrogens (tertiary/aromatic N) is 1. The van der Waals surface area contributed by atoms with Gasteiger partial charge in [0.15, 0.2) is 5.43 Å². The molecule has 4 heteroatoms. The Morgan fingerprint density at radius 3 is 2.70 bits per heavy atom. The highest BCUT2D eigenvalue weighted by Gasteiger charge is 2.11. The molecule has 0 fully saturated rings. The zero-order valence-corrected chi connectivity index (χ0v) is 11.2. The molecular weight excluding hydrogens is 254 g/mol. The molecule has 0 saturated heterocycles. The van der Waals surface area contributed by atoms with E-state index in [1.807, 2.05) is 37.3 Å². The maximum Gasteiger partial charge on any atom is 0.201 e. The van der Waals surface area contributed by atoms with Gasteiger partial charge >= 0.3 is 0 Å². The van der Waals surface area contributed by atoms with Gasteiger partial charge in [0.25, 0.3) is 0 Å². The van der Waals surface area contributed by atoms with E-state index in [9.17, 15) is 9.90 Å². The number of benzene rings is 2. The van der Waals surface area contributed by atoms with Gasteiger partial charge in [0.05, 0.1) is 5.39 Å². The van der Waals surface area contributed by atoms with Gasteiger partial charge in [0.2, 0.25) is 5.88 Å². The summed E-state index contributed by atoms with van der Waals surface area (Å²) in [5.74, 6) is 0.392. The van der Waals surface area contributed by atoms with E-state index in [2.05, 4.69) is 0 Å². The highest BCUT2D eigenvalue weighted by molar-refractivity contribution is 6.04. The average molecular weight is 269 g/mol. The summed E-state index contributed by atoms with van der Waals surface area (Å²) in [7, 11) is 0. The Hall–Kier alpha value is -2.33. The molecule has 3 rings (SSSR count). The second kappa shape index (κ2) is 4.98. The fourth-order valence-electron chi connectivity index (χ4n) is 2.35. The first-order chi connectivity index (χ1) is 9.74. The standard InChI is InChI=1S/C16H15NO3/c1-2-17(10-18)15-9-14(19)13-8-7-11-5-3-4-6-12(11)16(13)20-15/h3-9,18H,2,10H2,1H3. The second-order valence-electron chi connectivity index (χ2n) is 4.61. The first-order valence-electron chi connectivity index (χ1n) is 6.56. The van der Waals surface area contributed by atoms with Crippen LogP contribution in [0.15, 0.2) is 51.7 Å². The van der Waals surface area contributed by atoms with Crippen molar-refractivity contribution in [3.05, 3.63) is 52.7 Å². The van der Waals surface area contributed by atoms with Crippen molar-refractivity contribution < 1.29 is 9.52 Å². The number of aliphatic hydroxyl groups is 1. The van der Waals surface area contributed by atoms with Crippen LogP contribution in [0.3, 0.4) is 0 Å². The zero-order valence-electron chi connectivity index (χ0n) is 11.2. The van der Waals surface area contributed by atoms with Crippen LogP contribution < -0.4 is 10.3 Å². The van der Waals surface area contributed by atoms with Crippen molar-refractivity contribution >= 4 is 27.6 Å². The zero-order chi connectivity index (χ0) is 14.1. The van der Waals surface area contributed by atoms with Crippen LogP contribution in [0.5, 0.6) is 0 Å². The van der Waals surface area contributed by atoms with Crippen molar-refractivity contribution in [2.45, 2.75) is 6.92 Å². The summed E-state index contributed by atoms with van der Waals surface area (Å²) in [6.45, 7) is 2.27. The second-order valence-corrected chi connectivity index (χ2v) is 4.61. The Morgan fingerprint density at radius 1 is 1.15 bits per heavy atom. The Bertz CT molecular complexity index is 819. The topological polar surface area (TPSA) is 53.7 Å². The van der Waals surface area contributed by atoms with Crippen molar-refractivity contribution in [2.75, 3.05) is 18.2 Å². The maximum absolute atomic E-state index is 12.2. The molecule has 0 aliphatic carbocycles. The molecule has 0 bridgehead atoms. The third-order valence-electron chi connectivity index (χ3n) is 3.47. The van der Waals surface area contributed by atoms with Gasteiger partial charge in [-0.15, -0.1) is 0 Å². The molecular formula is C16H15NO3. The maximum atomic E-state index is 12.2. The average Bonchev–Trinajstić information content (AvgIpc) is 2.48. The lowest BCUT2D eigenvalue weighted by Gasteiger charge is -2.18. The minimum atomic E-state index is -0.185. The lowest BCUT2D eigenvalue weighted by atomic mass is 10.1. The van der Waals surface area contributed by atoms with Crippen LogP contribution in [0.2, 0.25) is 0 Å². The van der Waals surface area contributed by atoms with Gasteiger partial charge in [-0.3, -0.25) is 4.79 Å². The molecule has 102 valence electrons. The van der Waals surface area contributed by atoms with Gasteiger partial charge in [-0.05, 0) is 18.4 Å². The summed E-state index contributed by atoms with van der Waals surface area (Å²) in [6, 6.07) is 12.9. The monoisotopic (exact) mass is 269 g/mol. The van der Waals surface area contributed by atoms with E-state index in [1.54, 1.807) is 11.0 Å². The van der Waals surface area contributed by atoms with Gasteiger partial charge in [0, 0.05) is 18.0 Å². The fourth-order valence-corrected chi connectivity index (χ4v) is 2.35. The van der Waals surface area contributed by atoms with Gasteiger partial charge < -0.3 is 14.4 Å². The smallest absolute Gasteiger partial charge is 0.201 e. The lowest BCUT2D eigenvalue weighted by molar-refractivity contribution is 0.285. The molecule has 2 aromatic carbocycles. The van der Waals surface area contributed by atoms with Crippen LogP contribution in [0, 0.1) is 0 Å². The first-order valence-corrected chi connectivity index (χ1v) is 6.56. The molecule has 4 nitrogen and oxygen atoms in total. The Kier molecular flexibility index (Phi) is 3.16. The number of rotatable bonds is 3. The highest BCUT2D eigenvalue weighted by atomic mass is 16.4. The summed E-state index contributed by atoms with van der Waals surface area (Å²) in [6.07, 6.45) is 0. The van der Waals surface area contributed by atoms with Crippen molar-refractivity contribution in [3.8, 4) is 0 Å². The number of hydrogen-bond donors (Lipinski definition) is 1. The minimum Gasteiger partial charge on any atom is -0.440 e. The predicted octanol–water partition coefficient (Wildman–Crippen LogP) is 2.72. The highest BCUT2D eigenvalue weighted by Crippen LogP contribution is 2.26. The Labute approximate surface area is 115 Å². The van der Waals surface area contributed by atoms with Gasteiger partial charge in [-0.25, -0.2) is 0 Å². The molecule has 1 aromatic heterocycles. The molecule has 0 radical (unpaired) electrons. The van der Waals surface area contributed by atoms with E-state index in [0.717, 1.165) is 10.8 Å². The number of hydrogen-bond acceptors (Lipinski definition) is 4. The Morgan fingerprint density at radius 2 is 1.95 bits per heavy atom. The van der Waals surface area contributed by atoms with E-state index in [1.165, 1.54) is 6.07 Å². The normalized spacial score (nSPS) is 11.1. The predicted molar refractivity (Wildman–Crippen MR) is 80.1 cm³/mol. The number of anilines is 1. The number of fused-ring (bicyclic) bond motifs is 3. The summed E-state index contributed by atoms with van der Waals surface area (Å²) >= 11 is 0. The van der Waals surface area contributed by atoms with Gasteiger partial charge in [0.1, 0.15) is 12.3 Å². The SMILES string of the molecule is CCN(CO)c1cc(=O)c2ccc3ccccc3c2o1. The minimum absolute atomic E-state index is 0.0982. The molecule has 0 aliphatic rings. The largest absolute Gasteiger partial charge is 0.440 e. The molecule has 20 heavy (non-hydrogen) atoms. The summed E-state index contributed by atoms with van der Waals surface area (Å²) in [5.41, 5.74) is 0.469. The van der Waals surface area contributed by atoms with Crippen molar-refractivity contribution in [1.29, 1.82) is 0 Å². The third-order valence-corrected chi connectivity index (χ3v) is 3.47. The molecule has 0 aliphatic heterocycles. The van der Waals surface area contributed by atoms with Crippen LogP contribution in [0.1, 0.15) is 6.92 Å². The van der Waals surface area contributed by atoms with Gasteiger partial charge in [-0.2, -0.15) is 0 Å². The van der Waals surface area contributed by atoms with E-state index < -0.39 is 0 Å². The van der Waals surface area contributed by atoms with E-state index in [-0.39, 0.29) is 12.2 Å². The fraction of sp³-hybridized carbons (Fsp3) is 0.188. The van der Waals surface area contributed by atoms with Crippen LogP contribution in [-0.2, 0) is 0 Å². The van der Waals surface area contributed by atoms with Crippen LogP contribution in [-0.4, -0.2) is 18.4 Å². The van der Waals surface area contributed by atoms with Crippen LogP contribution in [0.4, 0.5) is 5.88 Å². The molecule has 0 atom stereocenters. The number of aliphatic hydroxyl groups excluding tert-OH is 1. The van der Waals surface area contributed by atoms with E-state index in [0.29, 0.717) is 23.4 Å². The van der Waals surface area contributed by atoms with Crippen molar-refractivity contribution in [2.24, 2.45) is 0 Å². The summed E-state index contributed by atoms with van der Waals surface area (Å²) in [5, 5.41) is 11.8. The molecule has 1 heterocycles. The lowest BCUT2D eigenvalue weighted by Crippen LogP contribution is -2.24. The first kappa shape index (κ1) is 12.7. The van der Waals surface area contributed by atoms with Gasteiger partial charge in [-0.1, -0.05) is 30.3 Å². The van der Waals surface area contributed by atoms with E-state index in [4.69, 9.17) is 4.42 Å². The molecule has 1 N–H and O–H groups in total.